The van der Waals surface area contributed by atoms with Crippen LogP contribution in [0.4, 0.5) is 4.79 Å². The summed E-state index contributed by atoms with van der Waals surface area (Å²) in [5.41, 5.74) is -0.211. The van der Waals surface area contributed by atoms with E-state index in [1.807, 2.05) is 0 Å². The van der Waals surface area contributed by atoms with Gasteiger partial charge in [-0.05, 0) is 25.7 Å². The topological polar surface area (TPSA) is 49.4 Å². The fourth-order valence-corrected chi connectivity index (χ4v) is 4.06. The van der Waals surface area contributed by atoms with Gasteiger partial charge in [-0.2, -0.15) is 0 Å². The van der Waals surface area contributed by atoms with Crippen molar-refractivity contribution in [3.63, 3.8) is 0 Å². The van der Waals surface area contributed by atoms with Gasteiger partial charge in [0.2, 0.25) is 5.91 Å². The first-order valence-corrected chi connectivity index (χ1v) is 7.84. The maximum atomic E-state index is 12.4. The fourth-order valence-electron chi connectivity index (χ4n) is 4.06. The lowest BCUT2D eigenvalue weighted by Gasteiger charge is -2.46. The van der Waals surface area contributed by atoms with Gasteiger partial charge in [0.05, 0.1) is 12.0 Å². The summed E-state index contributed by atoms with van der Waals surface area (Å²) in [6.45, 7) is 0. The molecule has 0 aromatic carbocycles. The highest BCUT2D eigenvalue weighted by Gasteiger charge is 2.45. The predicted molar refractivity (Wildman–Crippen MR) is 72.7 cm³/mol. The summed E-state index contributed by atoms with van der Waals surface area (Å²) in [6.07, 6.45) is 11.5. The molecule has 3 aliphatic rings. The Kier molecular flexibility index (Phi) is 3.50. The third kappa shape index (κ3) is 2.49. The van der Waals surface area contributed by atoms with Gasteiger partial charge in [-0.25, -0.2) is 4.79 Å². The predicted octanol–water partition coefficient (Wildman–Crippen LogP) is 2.96. The van der Waals surface area contributed by atoms with Crippen LogP contribution in [-0.2, 0) is 4.79 Å². The zero-order chi connectivity index (χ0) is 13.3. The summed E-state index contributed by atoms with van der Waals surface area (Å²) in [5, 5.41) is 3.18. The van der Waals surface area contributed by atoms with Crippen molar-refractivity contribution in [2.75, 3.05) is 0 Å². The first kappa shape index (κ1) is 12.9. The molecule has 3 rings (SSSR count). The van der Waals surface area contributed by atoms with Crippen molar-refractivity contribution >= 4 is 11.9 Å². The largest absolute Gasteiger partial charge is 0.332 e. The van der Waals surface area contributed by atoms with E-state index in [-0.39, 0.29) is 23.5 Å². The third-order valence-electron chi connectivity index (χ3n) is 5.10. The van der Waals surface area contributed by atoms with Crippen LogP contribution in [0.1, 0.15) is 70.6 Å². The van der Waals surface area contributed by atoms with Crippen LogP contribution in [-0.4, -0.2) is 28.4 Å². The molecule has 1 heterocycles. The maximum Gasteiger partial charge on any atom is 0.324 e. The summed E-state index contributed by atoms with van der Waals surface area (Å²) in [6, 6.07) is 0.0345. The second kappa shape index (κ2) is 5.14. The molecule has 0 bridgehead atoms. The summed E-state index contributed by atoms with van der Waals surface area (Å²) < 4.78 is 0. The maximum absolute atomic E-state index is 12.4. The van der Waals surface area contributed by atoms with Crippen molar-refractivity contribution in [3.8, 4) is 0 Å². The number of amides is 3. The zero-order valence-electron chi connectivity index (χ0n) is 11.6. The molecule has 1 N–H and O–H groups in total. The molecule has 0 radical (unpaired) electrons. The van der Waals surface area contributed by atoms with Crippen molar-refractivity contribution in [3.05, 3.63) is 0 Å². The Morgan fingerprint density at radius 2 is 1.58 bits per heavy atom. The molecule has 2 aliphatic carbocycles. The molecular weight excluding hydrogens is 240 g/mol. The van der Waals surface area contributed by atoms with E-state index in [1.165, 1.54) is 12.8 Å². The molecule has 0 unspecified atom stereocenters. The summed E-state index contributed by atoms with van der Waals surface area (Å²) in [7, 11) is 0. The first-order valence-electron chi connectivity index (χ1n) is 7.84. The average Bonchev–Trinajstić information content (AvgIpc) is 2.40. The number of hydrogen-bond acceptors (Lipinski definition) is 2. The van der Waals surface area contributed by atoms with E-state index in [2.05, 4.69) is 5.32 Å². The normalized spacial score (nSPS) is 28.5. The number of hydrogen-bond donors (Lipinski definition) is 1. The molecule has 106 valence electrons. The summed E-state index contributed by atoms with van der Waals surface area (Å²) >= 11 is 0. The minimum absolute atomic E-state index is 0.0672. The Morgan fingerprint density at radius 1 is 0.947 bits per heavy atom. The van der Waals surface area contributed by atoms with Crippen LogP contribution in [0.3, 0.4) is 0 Å². The number of rotatable bonds is 1. The van der Waals surface area contributed by atoms with E-state index >= 15 is 0 Å². The zero-order valence-corrected chi connectivity index (χ0v) is 11.6. The monoisotopic (exact) mass is 264 g/mol. The SMILES string of the molecule is O=C1CC2(CCCCC2)NC(=O)N1C1CCCCC1. The van der Waals surface area contributed by atoms with Crippen LogP contribution in [0.5, 0.6) is 0 Å². The molecule has 3 fully saturated rings. The average molecular weight is 264 g/mol. The van der Waals surface area contributed by atoms with Crippen molar-refractivity contribution < 1.29 is 9.59 Å². The number of imide groups is 1. The molecule has 3 amide bonds. The Balaban J connectivity index is 1.72. The van der Waals surface area contributed by atoms with Crippen LogP contribution in [0.25, 0.3) is 0 Å². The quantitative estimate of drug-likeness (QED) is 0.791. The standard InChI is InChI=1S/C15H24N2O2/c18-13-11-15(9-5-2-6-10-15)16-14(19)17(13)12-7-3-1-4-8-12/h12H,1-11H2,(H,16,19). The molecule has 1 spiro atoms. The Morgan fingerprint density at radius 3 is 2.21 bits per heavy atom. The molecule has 4 nitrogen and oxygen atoms in total. The van der Waals surface area contributed by atoms with Crippen molar-refractivity contribution in [1.29, 1.82) is 0 Å². The second-order valence-electron chi connectivity index (χ2n) is 6.50. The van der Waals surface area contributed by atoms with E-state index in [0.29, 0.717) is 6.42 Å². The Labute approximate surface area is 114 Å². The lowest BCUT2D eigenvalue weighted by molar-refractivity contribution is -0.134. The molecule has 0 atom stereocenters. The van der Waals surface area contributed by atoms with E-state index < -0.39 is 0 Å². The number of carbonyl (C=O) groups is 2. The highest BCUT2D eigenvalue weighted by atomic mass is 16.2. The van der Waals surface area contributed by atoms with Crippen LogP contribution in [0.2, 0.25) is 0 Å². The molecule has 1 aliphatic heterocycles. The van der Waals surface area contributed by atoms with Crippen molar-refractivity contribution in [2.45, 2.75) is 82.2 Å². The van der Waals surface area contributed by atoms with Gasteiger partial charge in [-0.1, -0.05) is 38.5 Å². The fraction of sp³-hybridized carbons (Fsp3) is 0.867. The minimum atomic E-state index is -0.211. The van der Waals surface area contributed by atoms with Gasteiger partial charge < -0.3 is 5.32 Å². The van der Waals surface area contributed by atoms with E-state index in [9.17, 15) is 9.59 Å². The molecule has 4 heteroatoms. The van der Waals surface area contributed by atoms with Gasteiger partial charge in [0.1, 0.15) is 0 Å². The summed E-state index contributed by atoms with van der Waals surface area (Å²) in [4.78, 5) is 26.4. The number of nitrogens with zero attached hydrogens (tertiary/aromatic N) is 1. The van der Waals surface area contributed by atoms with Crippen molar-refractivity contribution in [2.24, 2.45) is 0 Å². The smallest absolute Gasteiger partial charge is 0.324 e. The number of nitrogens with one attached hydrogen (secondary N) is 1. The van der Waals surface area contributed by atoms with Crippen molar-refractivity contribution in [1.82, 2.24) is 10.2 Å². The summed E-state index contributed by atoms with van der Waals surface area (Å²) in [5.74, 6) is 0.0672. The molecule has 0 aromatic heterocycles. The lowest BCUT2D eigenvalue weighted by atomic mass is 9.77. The lowest BCUT2D eigenvalue weighted by Crippen LogP contribution is -2.64. The highest BCUT2D eigenvalue weighted by Crippen LogP contribution is 2.35. The Hall–Kier alpha value is -1.06. The van der Waals surface area contributed by atoms with Gasteiger partial charge >= 0.3 is 6.03 Å². The molecule has 19 heavy (non-hydrogen) atoms. The van der Waals surface area contributed by atoms with Crippen LogP contribution in [0, 0.1) is 0 Å². The van der Waals surface area contributed by atoms with Crippen LogP contribution < -0.4 is 5.32 Å². The third-order valence-corrected chi connectivity index (χ3v) is 5.10. The first-order chi connectivity index (χ1) is 9.20. The highest BCUT2D eigenvalue weighted by molar-refractivity contribution is 5.98. The Bertz CT molecular complexity index is 348. The van der Waals surface area contributed by atoms with Gasteiger partial charge in [-0.3, -0.25) is 9.69 Å². The van der Waals surface area contributed by atoms with Gasteiger partial charge in [0.25, 0.3) is 0 Å². The molecule has 0 aromatic rings. The molecular formula is C15H24N2O2. The second-order valence-corrected chi connectivity index (χ2v) is 6.50. The molecule has 1 saturated heterocycles. The van der Waals surface area contributed by atoms with Crippen LogP contribution in [0.15, 0.2) is 0 Å². The van der Waals surface area contributed by atoms with E-state index in [1.54, 1.807) is 4.90 Å². The van der Waals surface area contributed by atoms with Gasteiger partial charge in [0.15, 0.2) is 0 Å². The number of carbonyl (C=O) groups excluding carboxylic acids is 2. The van der Waals surface area contributed by atoms with Crippen LogP contribution >= 0.6 is 0 Å². The minimum Gasteiger partial charge on any atom is -0.332 e. The van der Waals surface area contributed by atoms with Gasteiger partial charge in [-0.15, -0.1) is 0 Å². The van der Waals surface area contributed by atoms with E-state index in [4.69, 9.17) is 0 Å². The number of urea groups is 1. The van der Waals surface area contributed by atoms with E-state index in [0.717, 1.165) is 51.4 Å². The molecule has 2 saturated carbocycles. The van der Waals surface area contributed by atoms with Gasteiger partial charge in [0, 0.05) is 6.04 Å².